The number of amides is 2. The molecule has 1 aromatic carbocycles. The monoisotopic (exact) mass is 370 g/mol. The van der Waals surface area contributed by atoms with Crippen molar-refractivity contribution in [2.45, 2.75) is 17.7 Å². The molecule has 0 spiro atoms. The minimum Gasteiger partial charge on any atom is -0.375 e. The third kappa shape index (κ3) is 6.00. The highest BCUT2D eigenvalue weighted by molar-refractivity contribution is 7.99. The number of methoxy groups -OCH3 is 1. The molecule has 5 nitrogen and oxygen atoms in total. The van der Waals surface area contributed by atoms with Crippen molar-refractivity contribution in [3.8, 4) is 0 Å². The van der Waals surface area contributed by atoms with E-state index in [9.17, 15) is 9.59 Å². The molecule has 0 radical (unpaired) electrons. The average Bonchev–Trinajstić information content (AvgIpc) is 2.60. The zero-order valence-corrected chi connectivity index (χ0v) is 15.4. The van der Waals surface area contributed by atoms with Gasteiger partial charge in [0, 0.05) is 42.4 Å². The van der Waals surface area contributed by atoms with Gasteiger partial charge in [0.2, 0.25) is 11.8 Å². The molecule has 1 aromatic rings. The molecule has 1 saturated heterocycles. The molecular weight excluding hydrogens is 348 g/mol. The molecule has 0 saturated carbocycles. The number of nitrogens with one attached hydrogen (secondary N) is 1. The lowest BCUT2D eigenvalue weighted by molar-refractivity contribution is -0.138. The summed E-state index contributed by atoms with van der Waals surface area (Å²) in [4.78, 5) is 27.0. The number of carbonyl (C=O) groups excluding carboxylic acids is 2. The maximum Gasteiger partial charge on any atom is 0.248 e. The summed E-state index contributed by atoms with van der Waals surface area (Å²) in [5, 5.41) is 3.69. The third-order valence-electron chi connectivity index (χ3n) is 3.90. The van der Waals surface area contributed by atoms with Crippen LogP contribution in [-0.2, 0) is 14.3 Å². The van der Waals surface area contributed by atoms with Crippen molar-refractivity contribution in [1.82, 2.24) is 10.2 Å². The Morgan fingerprint density at radius 1 is 1.38 bits per heavy atom. The van der Waals surface area contributed by atoms with E-state index in [1.807, 2.05) is 24.3 Å². The highest BCUT2D eigenvalue weighted by atomic mass is 35.5. The lowest BCUT2D eigenvalue weighted by Gasteiger charge is -2.31. The van der Waals surface area contributed by atoms with Crippen LogP contribution in [-0.4, -0.2) is 55.8 Å². The number of hydrogen-bond acceptors (Lipinski definition) is 4. The molecule has 7 heteroatoms. The fourth-order valence-corrected chi connectivity index (χ4v) is 3.55. The normalized spacial score (nSPS) is 17.6. The first-order valence-electron chi connectivity index (χ1n) is 8.03. The highest BCUT2D eigenvalue weighted by Crippen LogP contribution is 2.20. The van der Waals surface area contributed by atoms with Crippen LogP contribution >= 0.6 is 23.4 Å². The smallest absolute Gasteiger partial charge is 0.248 e. The summed E-state index contributed by atoms with van der Waals surface area (Å²) < 4.78 is 4.88. The van der Waals surface area contributed by atoms with Gasteiger partial charge in [0.25, 0.3) is 0 Å². The molecule has 2 rings (SSSR count). The minimum absolute atomic E-state index is 0.0293. The van der Waals surface area contributed by atoms with E-state index in [4.69, 9.17) is 16.3 Å². The Morgan fingerprint density at radius 3 is 2.83 bits per heavy atom. The van der Waals surface area contributed by atoms with Gasteiger partial charge in [0.1, 0.15) is 6.61 Å². The molecule has 1 heterocycles. The van der Waals surface area contributed by atoms with Crippen LogP contribution in [0, 0.1) is 5.92 Å². The predicted molar refractivity (Wildman–Crippen MR) is 96.4 cm³/mol. The molecule has 0 aliphatic carbocycles. The fraction of sp³-hybridized carbons (Fsp3) is 0.529. The van der Waals surface area contributed by atoms with Crippen LogP contribution in [0.3, 0.4) is 0 Å². The van der Waals surface area contributed by atoms with Crippen molar-refractivity contribution in [3.63, 3.8) is 0 Å². The molecule has 24 heavy (non-hydrogen) atoms. The zero-order valence-electron chi connectivity index (χ0n) is 13.8. The molecular formula is C17H23ClN2O3S. The summed E-state index contributed by atoms with van der Waals surface area (Å²) in [6, 6.07) is 7.65. The number of rotatable bonds is 7. The number of likely N-dealkylation sites (tertiary alicyclic amines) is 1. The highest BCUT2D eigenvalue weighted by Gasteiger charge is 2.27. The van der Waals surface area contributed by atoms with E-state index in [-0.39, 0.29) is 24.3 Å². The minimum atomic E-state index is -0.125. The Balaban J connectivity index is 1.69. The number of benzene rings is 1. The first-order chi connectivity index (χ1) is 11.6. The van der Waals surface area contributed by atoms with Crippen molar-refractivity contribution in [1.29, 1.82) is 0 Å². The maximum absolute atomic E-state index is 12.3. The van der Waals surface area contributed by atoms with Crippen LogP contribution in [0.1, 0.15) is 12.8 Å². The summed E-state index contributed by atoms with van der Waals surface area (Å²) in [6.45, 7) is 1.87. The second-order valence-electron chi connectivity index (χ2n) is 5.71. The van der Waals surface area contributed by atoms with Crippen LogP contribution in [0.25, 0.3) is 0 Å². The molecule has 0 aromatic heterocycles. The van der Waals surface area contributed by atoms with E-state index in [2.05, 4.69) is 5.32 Å². The van der Waals surface area contributed by atoms with Gasteiger partial charge in [-0.3, -0.25) is 9.59 Å². The number of piperidine rings is 1. The van der Waals surface area contributed by atoms with Gasteiger partial charge in [-0.2, -0.15) is 0 Å². The third-order valence-corrected chi connectivity index (χ3v) is 5.16. The zero-order chi connectivity index (χ0) is 17.4. The van der Waals surface area contributed by atoms with Gasteiger partial charge in [-0.1, -0.05) is 11.6 Å². The van der Waals surface area contributed by atoms with Crippen molar-refractivity contribution < 1.29 is 14.3 Å². The van der Waals surface area contributed by atoms with E-state index in [0.29, 0.717) is 19.6 Å². The van der Waals surface area contributed by atoms with Gasteiger partial charge >= 0.3 is 0 Å². The SMILES string of the molecule is COCC(=O)N1CCCC(C(=O)NCCSc2ccc(Cl)cc2)C1. The lowest BCUT2D eigenvalue weighted by atomic mass is 9.97. The Bertz CT molecular complexity index is 553. The summed E-state index contributed by atoms with van der Waals surface area (Å²) >= 11 is 7.53. The van der Waals surface area contributed by atoms with Crippen molar-refractivity contribution >= 4 is 35.2 Å². The largest absolute Gasteiger partial charge is 0.375 e. The second kappa shape index (κ2) is 9.91. The standard InChI is InChI=1S/C17H23ClN2O3S/c1-23-12-16(21)20-9-2-3-13(11-20)17(22)19-8-10-24-15-6-4-14(18)5-7-15/h4-7,13H,2-3,8-12H2,1H3,(H,19,22). The number of carbonyl (C=O) groups is 2. The van der Waals surface area contributed by atoms with E-state index < -0.39 is 0 Å². The Morgan fingerprint density at radius 2 is 2.12 bits per heavy atom. The number of ether oxygens (including phenoxy) is 1. The van der Waals surface area contributed by atoms with Gasteiger partial charge in [-0.25, -0.2) is 0 Å². The molecule has 1 unspecified atom stereocenters. The van der Waals surface area contributed by atoms with Crippen molar-refractivity contribution in [2.24, 2.45) is 5.92 Å². The Labute approximate surface area is 152 Å². The Kier molecular flexibility index (Phi) is 7.88. The summed E-state index contributed by atoms with van der Waals surface area (Å²) in [5.74, 6) is 0.655. The maximum atomic E-state index is 12.3. The molecule has 0 bridgehead atoms. The number of hydrogen-bond donors (Lipinski definition) is 1. The molecule has 1 aliphatic heterocycles. The topological polar surface area (TPSA) is 58.6 Å². The van der Waals surface area contributed by atoms with Gasteiger partial charge in [-0.05, 0) is 37.1 Å². The van der Waals surface area contributed by atoms with Crippen LogP contribution in [0.5, 0.6) is 0 Å². The Hall–Kier alpha value is -1.24. The molecule has 2 amide bonds. The average molecular weight is 371 g/mol. The van der Waals surface area contributed by atoms with E-state index in [1.54, 1.807) is 16.7 Å². The summed E-state index contributed by atoms with van der Waals surface area (Å²) in [7, 11) is 1.50. The van der Waals surface area contributed by atoms with Crippen LogP contribution in [0.4, 0.5) is 0 Å². The van der Waals surface area contributed by atoms with E-state index >= 15 is 0 Å². The molecule has 1 atom stereocenters. The van der Waals surface area contributed by atoms with E-state index in [1.165, 1.54) is 7.11 Å². The molecule has 1 fully saturated rings. The van der Waals surface area contributed by atoms with Crippen molar-refractivity contribution in [3.05, 3.63) is 29.3 Å². The summed E-state index contributed by atoms with van der Waals surface area (Å²) in [5.41, 5.74) is 0. The first kappa shape index (κ1) is 19.1. The number of thioether (sulfide) groups is 1. The van der Waals surface area contributed by atoms with Crippen molar-refractivity contribution in [2.75, 3.05) is 39.1 Å². The van der Waals surface area contributed by atoms with Gasteiger partial charge in [-0.15, -0.1) is 11.8 Å². The molecule has 1 N–H and O–H groups in total. The van der Waals surface area contributed by atoms with Gasteiger partial charge in [0.05, 0.1) is 5.92 Å². The van der Waals surface area contributed by atoms with Crippen LogP contribution in [0.15, 0.2) is 29.2 Å². The van der Waals surface area contributed by atoms with Crippen LogP contribution in [0.2, 0.25) is 5.02 Å². The van der Waals surface area contributed by atoms with Gasteiger partial charge < -0.3 is 15.0 Å². The first-order valence-corrected chi connectivity index (χ1v) is 9.39. The van der Waals surface area contributed by atoms with E-state index in [0.717, 1.165) is 28.5 Å². The summed E-state index contributed by atoms with van der Waals surface area (Å²) in [6.07, 6.45) is 1.68. The number of nitrogens with zero attached hydrogens (tertiary/aromatic N) is 1. The molecule has 1 aliphatic rings. The second-order valence-corrected chi connectivity index (χ2v) is 7.31. The lowest BCUT2D eigenvalue weighted by Crippen LogP contribution is -2.46. The quantitative estimate of drug-likeness (QED) is 0.591. The fourth-order valence-electron chi connectivity index (χ4n) is 2.65. The molecule has 132 valence electrons. The van der Waals surface area contributed by atoms with Crippen LogP contribution < -0.4 is 5.32 Å². The predicted octanol–water partition coefficient (Wildman–Crippen LogP) is 2.43. The number of halogens is 1. The van der Waals surface area contributed by atoms with Gasteiger partial charge in [0.15, 0.2) is 0 Å².